The molecule has 2 aromatic rings. The van der Waals surface area contributed by atoms with Gasteiger partial charge >= 0.3 is 0 Å². The number of ketones is 1. The van der Waals surface area contributed by atoms with Crippen LogP contribution in [0, 0.1) is 10.2 Å². The monoisotopic (exact) mass is 396 g/mol. The van der Waals surface area contributed by atoms with Gasteiger partial charge in [-0.1, -0.05) is 26.0 Å². The highest BCUT2D eigenvalue weighted by Crippen LogP contribution is 2.47. The SMILES string of the molecule is CN(C)c1ccc(C2C3=C(CC(C)(C)CC3=O)Nc3[nH]c(=S)[nH]c(=O)c32)cc1. The van der Waals surface area contributed by atoms with Gasteiger partial charge in [0.1, 0.15) is 5.82 Å². The lowest BCUT2D eigenvalue weighted by Crippen LogP contribution is -2.36. The number of anilines is 2. The summed E-state index contributed by atoms with van der Waals surface area (Å²) in [5.74, 6) is 0.259. The van der Waals surface area contributed by atoms with Crippen molar-refractivity contribution in [1.82, 2.24) is 9.97 Å². The van der Waals surface area contributed by atoms with Crippen LogP contribution >= 0.6 is 12.2 Å². The minimum absolute atomic E-state index is 0.0907. The van der Waals surface area contributed by atoms with E-state index in [1.807, 2.05) is 43.3 Å². The molecule has 0 bridgehead atoms. The Morgan fingerprint density at radius 1 is 1.07 bits per heavy atom. The number of Topliss-reactive ketones (excluding diaryl/α,β-unsaturated/α-hetero) is 1. The lowest BCUT2D eigenvalue weighted by atomic mass is 9.69. The molecule has 146 valence electrons. The Hall–Kier alpha value is -2.67. The molecule has 6 nitrogen and oxygen atoms in total. The van der Waals surface area contributed by atoms with Gasteiger partial charge in [0.05, 0.1) is 5.56 Å². The number of rotatable bonds is 2. The molecular weight excluding hydrogens is 372 g/mol. The largest absolute Gasteiger partial charge is 0.378 e. The maximum Gasteiger partial charge on any atom is 0.257 e. The second-order valence-electron chi connectivity index (χ2n) is 8.57. The fourth-order valence-electron chi connectivity index (χ4n) is 4.24. The van der Waals surface area contributed by atoms with E-state index in [9.17, 15) is 9.59 Å². The van der Waals surface area contributed by atoms with E-state index in [4.69, 9.17) is 12.2 Å². The van der Waals surface area contributed by atoms with Crippen molar-refractivity contribution >= 4 is 29.5 Å². The quantitative estimate of drug-likeness (QED) is 0.675. The van der Waals surface area contributed by atoms with Crippen LogP contribution in [0.5, 0.6) is 0 Å². The van der Waals surface area contributed by atoms with Crippen LogP contribution in [0.1, 0.15) is 43.7 Å². The molecular formula is C21H24N4O2S. The highest BCUT2D eigenvalue weighted by atomic mass is 32.1. The van der Waals surface area contributed by atoms with Gasteiger partial charge in [-0.15, -0.1) is 0 Å². The van der Waals surface area contributed by atoms with E-state index in [0.717, 1.165) is 23.4 Å². The average Bonchev–Trinajstić information content (AvgIpc) is 2.58. The topological polar surface area (TPSA) is 81.0 Å². The molecule has 1 atom stereocenters. The summed E-state index contributed by atoms with van der Waals surface area (Å²) in [6, 6.07) is 8.00. The first-order valence-corrected chi connectivity index (χ1v) is 9.74. The minimum atomic E-state index is -0.415. The van der Waals surface area contributed by atoms with Gasteiger partial charge in [0, 0.05) is 43.4 Å². The predicted octanol–water partition coefficient (Wildman–Crippen LogP) is 3.70. The smallest absolute Gasteiger partial charge is 0.257 e. The van der Waals surface area contributed by atoms with Crippen LogP contribution in [0.15, 0.2) is 40.3 Å². The van der Waals surface area contributed by atoms with Crippen molar-refractivity contribution in [2.24, 2.45) is 5.41 Å². The Morgan fingerprint density at radius 3 is 2.39 bits per heavy atom. The molecule has 1 aliphatic heterocycles. The summed E-state index contributed by atoms with van der Waals surface area (Å²) >= 11 is 5.16. The van der Waals surface area contributed by atoms with Crippen LogP contribution in [-0.4, -0.2) is 29.8 Å². The highest BCUT2D eigenvalue weighted by Gasteiger charge is 2.42. The first kappa shape index (κ1) is 18.7. The zero-order valence-electron chi connectivity index (χ0n) is 16.5. The summed E-state index contributed by atoms with van der Waals surface area (Å²) in [6.07, 6.45) is 1.21. The number of hydrogen-bond acceptors (Lipinski definition) is 5. The number of aromatic nitrogens is 2. The summed E-state index contributed by atoms with van der Waals surface area (Å²) in [5.41, 5.74) is 3.68. The fraction of sp³-hybridized carbons (Fsp3) is 0.381. The van der Waals surface area contributed by atoms with E-state index in [-0.39, 0.29) is 21.5 Å². The average molecular weight is 397 g/mol. The first-order valence-electron chi connectivity index (χ1n) is 9.33. The molecule has 3 N–H and O–H groups in total. The predicted molar refractivity (Wildman–Crippen MR) is 114 cm³/mol. The number of nitrogens with zero attached hydrogens (tertiary/aromatic N) is 1. The lowest BCUT2D eigenvalue weighted by molar-refractivity contribution is -0.118. The Morgan fingerprint density at radius 2 is 1.75 bits per heavy atom. The van der Waals surface area contributed by atoms with Crippen LogP contribution in [-0.2, 0) is 4.79 Å². The summed E-state index contributed by atoms with van der Waals surface area (Å²) in [6.45, 7) is 4.18. The van der Waals surface area contributed by atoms with Crippen molar-refractivity contribution in [1.29, 1.82) is 0 Å². The molecule has 0 fully saturated rings. The molecule has 0 amide bonds. The van der Waals surface area contributed by atoms with Gasteiger partial charge in [-0.3, -0.25) is 14.6 Å². The van der Waals surface area contributed by atoms with Crippen molar-refractivity contribution in [2.75, 3.05) is 24.3 Å². The number of benzene rings is 1. The molecule has 1 unspecified atom stereocenters. The summed E-state index contributed by atoms with van der Waals surface area (Å²) < 4.78 is 0.267. The number of hydrogen-bond donors (Lipinski definition) is 3. The van der Waals surface area contributed by atoms with E-state index in [2.05, 4.69) is 29.1 Å². The molecule has 1 aromatic heterocycles. The summed E-state index contributed by atoms with van der Waals surface area (Å²) in [7, 11) is 3.96. The zero-order valence-corrected chi connectivity index (χ0v) is 17.3. The van der Waals surface area contributed by atoms with Gasteiger partial charge < -0.3 is 15.2 Å². The maximum atomic E-state index is 13.1. The van der Waals surface area contributed by atoms with Crippen molar-refractivity contribution in [2.45, 2.75) is 32.6 Å². The van der Waals surface area contributed by atoms with E-state index in [1.165, 1.54) is 0 Å². The molecule has 4 rings (SSSR count). The molecule has 0 radical (unpaired) electrons. The third-order valence-corrected chi connectivity index (χ3v) is 5.70. The molecule has 0 spiro atoms. The standard InChI is InChI=1S/C21H24N4O2S/c1-21(2)9-13-16(14(26)10-21)15(11-5-7-12(8-6-11)25(3)4)17-18(22-13)23-20(28)24-19(17)27/h5-8,15H,9-10H2,1-4H3,(H3,22,23,24,27,28). The van der Waals surface area contributed by atoms with Crippen molar-refractivity contribution in [3.8, 4) is 0 Å². The first-order chi connectivity index (χ1) is 13.2. The van der Waals surface area contributed by atoms with Gasteiger partial charge in [0.25, 0.3) is 5.56 Å². The van der Waals surface area contributed by atoms with Crippen molar-refractivity contribution < 1.29 is 4.79 Å². The maximum absolute atomic E-state index is 13.1. The molecule has 2 aliphatic rings. The third-order valence-electron chi connectivity index (χ3n) is 5.50. The van der Waals surface area contributed by atoms with Crippen molar-refractivity contribution in [3.05, 3.63) is 61.8 Å². The number of carbonyl (C=O) groups is 1. The third kappa shape index (κ3) is 3.09. The van der Waals surface area contributed by atoms with Gasteiger partial charge in [-0.2, -0.15) is 0 Å². The number of allylic oxidation sites excluding steroid dienone is 2. The molecule has 28 heavy (non-hydrogen) atoms. The molecule has 1 aliphatic carbocycles. The van der Waals surface area contributed by atoms with Crippen LogP contribution in [0.25, 0.3) is 0 Å². The van der Waals surface area contributed by atoms with E-state index >= 15 is 0 Å². The van der Waals surface area contributed by atoms with Crippen LogP contribution in [0.4, 0.5) is 11.5 Å². The van der Waals surface area contributed by atoms with E-state index in [1.54, 1.807) is 0 Å². The molecule has 1 aromatic carbocycles. The van der Waals surface area contributed by atoms with Crippen LogP contribution in [0.2, 0.25) is 0 Å². The van der Waals surface area contributed by atoms with Crippen LogP contribution in [0.3, 0.4) is 0 Å². The highest BCUT2D eigenvalue weighted by molar-refractivity contribution is 7.71. The number of H-pyrrole nitrogens is 2. The summed E-state index contributed by atoms with van der Waals surface area (Å²) in [5, 5.41) is 3.30. The normalized spacial score (nSPS) is 20.3. The Balaban J connectivity index is 1.95. The van der Waals surface area contributed by atoms with E-state index in [0.29, 0.717) is 23.4 Å². The molecule has 7 heteroatoms. The number of aromatic amines is 2. The lowest BCUT2D eigenvalue weighted by Gasteiger charge is -2.38. The summed E-state index contributed by atoms with van der Waals surface area (Å²) in [4.78, 5) is 33.7. The molecule has 0 saturated heterocycles. The number of fused-ring (bicyclic) bond motifs is 1. The van der Waals surface area contributed by atoms with Gasteiger partial charge in [0.2, 0.25) is 0 Å². The van der Waals surface area contributed by atoms with Crippen LogP contribution < -0.4 is 15.8 Å². The Bertz CT molecular complexity index is 1110. The Kier molecular flexibility index (Phi) is 4.30. The molecule has 0 saturated carbocycles. The second-order valence-corrected chi connectivity index (χ2v) is 8.98. The fourth-order valence-corrected chi connectivity index (χ4v) is 4.44. The molecule has 2 heterocycles. The minimum Gasteiger partial charge on any atom is -0.378 e. The van der Waals surface area contributed by atoms with E-state index < -0.39 is 5.92 Å². The van der Waals surface area contributed by atoms with Gasteiger partial charge in [-0.25, -0.2) is 0 Å². The number of carbonyl (C=O) groups excluding carboxylic acids is 1. The number of nitrogens with one attached hydrogen (secondary N) is 3. The van der Waals surface area contributed by atoms with Crippen molar-refractivity contribution in [3.63, 3.8) is 0 Å². The van der Waals surface area contributed by atoms with Gasteiger partial charge in [0.15, 0.2) is 10.6 Å². The second kappa shape index (κ2) is 6.44. The zero-order chi connectivity index (χ0) is 20.2. The Labute approximate surface area is 168 Å². The van der Waals surface area contributed by atoms with Gasteiger partial charge in [-0.05, 0) is 41.7 Å².